The van der Waals surface area contributed by atoms with Crippen LogP contribution in [0.4, 0.5) is 10.1 Å². The summed E-state index contributed by atoms with van der Waals surface area (Å²) in [6, 6.07) is 22.7. The van der Waals surface area contributed by atoms with Crippen LogP contribution in [0.25, 0.3) is 6.08 Å². The highest BCUT2D eigenvalue weighted by Crippen LogP contribution is 2.29. The van der Waals surface area contributed by atoms with Crippen molar-refractivity contribution in [2.24, 2.45) is 4.99 Å². The van der Waals surface area contributed by atoms with E-state index in [0.29, 0.717) is 29.4 Å². The maximum absolute atomic E-state index is 13.4. The molecule has 0 spiro atoms. The number of carbonyl (C=O) groups is 1. The Labute approximate surface area is 168 Å². The van der Waals surface area contributed by atoms with E-state index in [2.05, 4.69) is 4.99 Å². The zero-order valence-corrected chi connectivity index (χ0v) is 15.9. The molecule has 0 atom stereocenters. The molecule has 0 saturated carbocycles. The van der Waals surface area contributed by atoms with E-state index in [1.165, 1.54) is 17.0 Å². The third-order valence-electron chi connectivity index (χ3n) is 4.47. The first-order chi connectivity index (χ1) is 14.2. The van der Waals surface area contributed by atoms with Crippen LogP contribution in [0.3, 0.4) is 0 Å². The quantitative estimate of drug-likeness (QED) is 0.575. The predicted octanol–water partition coefficient (Wildman–Crippen LogP) is 5.06. The Morgan fingerprint density at radius 2 is 1.66 bits per heavy atom. The van der Waals surface area contributed by atoms with E-state index in [4.69, 9.17) is 4.74 Å². The molecule has 1 aliphatic rings. The van der Waals surface area contributed by atoms with Crippen molar-refractivity contribution < 1.29 is 13.9 Å². The Kier molecular flexibility index (Phi) is 5.20. The number of hydrogen-bond donors (Lipinski definition) is 0. The second kappa shape index (κ2) is 8.10. The van der Waals surface area contributed by atoms with Crippen molar-refractivity contribution in [2.45, 2.75) is 6.92 Å². The predicted molar refractivity (Wildman–Crippen MR) is 112 cm³/mol. The molecule has 4 rings (SSSR count). The highest BCUT2D eigenvalue weighted by molar-refractivity contribution is 6.33. The van der Waals surface area contributed by atoms with Gasteiger partial charge >= 0.3 is 0 Å². The van der Waals surface area contributed by atoms with E-state index in [1.54, 1.807) is 18.2 Å². The third kappa shape index (κ3) is 3.94. The average molecular weight is 386 g/mol. The number of benzene rings is 3. The molecule has 0 radical (unpaired) electrons. The summed E-state index contributed by atoms with van der Waals surface area (Å²) < 4.78 is 18.9. The number of ether oxygens (including phenoxy) is 1. The summed E-state index contributed by atoms with van der Waals surface area (Å²) in [5.74, 6) is 0.605. The lowest BCUT2D eigenvalue weighted by molar-refractivity contribution is -0.113. The van der Waals surface area contributed by atoms with Crippen LogP contribution < -0.4 is 9.64 Å². The summed E-state index contributed by atoms with van der Waals surface area (Å²) in [7, 11) is 0. The number of halogens is 1. The lowest BCUT2D eigenvalue weighted by Crippen LogP contribution is -2.32. The largest absolute Gasteiger partial charge is 0.494 e. The normalized spacial score (nSPS) is 15.0. The van der Waals surface area contributed by atoms with Crippen LogP contribution in [-0.4, -0.2) is 18.3 Å². The summed E-state index contributed by atoms with van der Waals surface area (Å²) in [6.07, 6.45) is 1.75. The molecular formula is C24H19FN2O2. The lowest BCUT2D eigenvalue weighted by atomic mass is 10.1. The van der Waals surface area contributed by atoms with Gasteiger partial charge in [0.2, 0.25) is 0 Å². The molecule has 0 saturated heterocycles. The monoisotopic (exact) mass is 386 g/mol. The second-order valence-corrected chi connectivity index (χ2v) is 6.45. The van der Waals surface area contributed by atoms with Crippen molar-refractivity contribution >= 4 is 23.5 Å². The van der Waals surface area contributed by atoms with Crippen LogP contribution in [0, 0.1) is 5.82 Å². The average Bonchev–Trinajstić information content (AvgIpc) is 3.06. The first-order valence-electron chi connectivity index (χ1n) is 9.34. The molecule has 0 fully saturated rings. The molecule has 3 aromatic rings. The fourth-order valence-electron chi connectivity index (χ4n) is 3.11. The zero-order valence-electron chi connectivity index (χ0n) is 15.9. The molecule has 1 aliphatic heterocycles. The van der Waals surface area contributed by atoms with Gasteiger partial charge in [-0.15, -0.1) is 0 Å². The van der Waals surface area contributed by atoms with E-state index in [9.17, 15) is 9.18 Å². The Hall–Kier alpha value is -3.73. The fourth-order valence-corrected chi connectivity index (χ4v) is 3.11. The van der Waals surface area contributed by atoms with Crippen LogP contribution in [0.2, 0.25) is 0 Å². The fraction of sp³-hybridized carbons (Fsp3) is 0.0833. The van der Waals surface area contributed by atoms with E-state index < -0.39 is 0 Å². The van der Waals surface area contributed by atoms with Crippen LogP contribution >= 0.6 is 0 Å². The van der Waals surface area contributed by atoms with Gasteiger partial charge in [0, 0.05) is 5.56 Å². The van der Waals surface area contributed by atoms with Crippen LogP contribution in [-0.2, 0) is 4.79 Å². The van der Waals surface area contributed by atoms with Gasteiger partial charge in [-0.25, -0.2) is 9.38 Å². The van der Waals surface area contributed by atoms with Crippen LogP contribution in [0.1, 0.15) is 18.1 Å². The number of hydrogen-bond acceptors (Lipinski definition) is 3. The van der Waals surface area contributed by atoms with Crippen molar-refractivity contribution in [3.8, 4) is 5.75 Å². The lowest BCUT2D eigenvalue weighted by Gasteiger charge is -2.19. The number of nitrogens with zero attached hydrogens (tertiary/aromatic N) is 2. The molecule has 29 heavy (non-hydrogen) atoms. The Bertz CT molecular complexity index is 1070. The molecule has 5 heteroatoms. The van der Waals surface area contributed by atoms with Gasteiger partial charge in [-0.05, 0) is 67.1 Å². The Morgan fingerprint density at radius 3 is 2.31 bits per heavy atom. The molecule has 4 nitrogen and oxygen atoms in total. The maximum Gasteiger partial charge on any atom is 0.282 e. The van der Waals surface area contributed by atoms with Crippen molar-refractivity contribution in [2.75, 3.05) is 11.5 Å². The number of aliphatic imine (C=N–C) groups is 1. The maximum atomic E-state index is 13.4. The van der Waals surface area contributed by atoms with Crippen molar-refractivity contribution in [1.82, 2.24) is 0 Å². The summed E-state index contributed by atoms with van der Waals surface area (Å²) in [5.41, 5.74) is 2.53. The molecule has 0 aromatic heterocycles. The van der Waals surface area contributed by atoms with Gasteiger partial charge in [-0.1, -0.05) is 30.3 Å². The molecule has 144 valence electrons. The highest BCUT2D eigenvalue weighted by Gasteiger charge is 2.32. The van der Waals surface area contributed by atoms with Crippen molar-refractivity contribution in [3.63, 3.8) is 0 Å². The summed E-state index contributed by atoms with van der Waals surface area (Å²) in [5, 5.41) is 0. The number of carbonyl (C=O) groups excluding carboxylic acids is 1. The highest BCUT2D eigenvalue weighted by atomic mass is 19.1. The topological polar surface area (TPSA) is 41.9 Å². The number of anilines is 1. The van der Waals surface area contributed by atoms with Crippen LogP contribution in [0.5, 0.6) is 5.75 Å². The minimum Gasteiger partial charge on any atom is -0.494 e. The summed E-state index contributed by atoms with van der Waals surface area (Å²) in [4.78, 5) is 19.3. The first kappa shape index (κ1) is 18.6. The van der Waals surface area contributed by atoms with Gasteiger partial charge in [-0.3, -0.25) is 9.69 Å². The smallest absolute Gasteiger partial charge is 0.282 e. The van der Waals surface area contributed by atoms with Gasteiger partial charge in [0.1, 0.15) is 23.1 Å². The third-order valence-corrected chi connectivity index (χ3v) is 4.47. The molecule has 1 heterocycles. The van der Waals surface area contributed by atoms with Gasteiger partial charge in [0.25, 0.3) is 5.91 Å². The van der Waals surface area contributed by atoms with Gasteiger partial charge in [0.05, 0.1) is 12.3 Å². The Balaban J connectivity index is 1.77. The summed E-state index contributed by atoms with van der Waals surface area (Å²) >= 11 is 0. The minimum absolute atomic E-state index is 0.239. The molecule has 1 amide bonds. The molecule has 3 aromatic carbocycles. The Morgan fingerprint density at radius 1 is 0.966 bits per heavy atom. The zero-order chi connectivity index (χ0) is 20.2. The van der Waals surface area contributed by atoms with E-state index in [1.807, 2.05) is 61.5 Å². The second-order valence-electron chi connectivity index (χ2n) is 6.45. The van der Waals surface area contributed by atoms with Gasteiger partial charge < -0.3 is 4.74 Å². The molecule has 0 N–H and O–H groups in total. The molecule has 0 unspecified atom stereocenters. The van der Waals surface area contributed by atoms with Gasteiger partial charge in [0.15, 0.2) is 0 Å². The number of rotatable bonds is 5. The standard InChI is InChI=1S/C24H19FN2O2/c1-2-29-21-14-12-20(13-15-21)27-23(18-8-10-19(25)11-9-18)26-22(24(27)28)16-17-6-4-3-5-7-17/h3-16H,2H2,1H3/b22-16+. The molecular weight excluding hydrogens is 367 g/mol. The van der Waals surface area contributed by atoms with Crippen molar-refractivity contribution in [3.05, 3.63) is 102 Å². The van der Waals surface area contributed by atoms with Crippen molar-refractivity contribution in [1.29, 1.82) is 0 Å². The van der Waals surface area contributed by atoms with Crippen LogP contribution in [0.15, 0.2) is 89.6 Å². The molecule has 0 bridgehead atoms. The molecule has 0 aliphatic carbocycles. The summed E-state index contributed by atoms with van der Waals surface area (Å²) in [6.45, 7) is 2.48. The minimum atomic E-state index is -0.341. The van der Waals surface area contributed by atoms with E-state index in [-0.39, 0.29) is 11.7 Å². The van der Waals surface area contributed by atoms with E-state index in [0.717, 1.165) is 11.3 Å². The number of amidine groups is 1. The van der Waals surface area contributed by atoms with Gasteiger partial charge in [-0.2, -0.15) is 0 Å². The van der Waals surface area contributed by atoms with E-state index >= 15 is 0 Å². The number of amides is 1. The first-order valence-corrected chi connectivity index (χ1v) is 9.34. The SMILES string of the molecule is CCOc1ccc(N2C(=O)/C(=C\c3ccccc3)N=C2c2ccc(F)cc2)cc1.